The SMILES string of the molecule is CCCCNC(=O)COC(=O)c1cc(-c2ccc(OC)c(OC)c2)nc2ccccc12. The number of ether oxygens (including phenoxy) is 3. The van der Waals surface area contributed by atoms with Crippen LogP contribution in [0.2, 0.25) is 0 Å². The van der Waals surface area contributed by atoms with Crippen LogP contribution in [0, 0.1) is 0 Å². The van der Waals surface area contributed by atoms with Crippen LogP contribution < -0.4 is 14.8 Å². The number of hydrogen-bond donors (Lipinski definition) is 1. The number of methoxy groups -OCH3 is 2. The van der Waals surface area contributed by atoms with Crippen LogP contribution in [0.25, 0.3) is 22.2 Å². The molecule has 2 aromatic carbocycles. The molecule has 0 aliphatic rings. The number of rotatable bonds is 9. The number of esters is 1. The zero-order valence-electron chi connectivity index (χ0n) is 17.9. The van der Waals surface area contributed by atoms with Gasteiger partial charge < -0.3 is 19.5 Å². The van der Waals surface area contributed by atoms with Crippen molar-refractivity contribution >= 4 is 22.8 Å². The molecule has 0 saturated heterocycles. The molecule has 0 fully saturated rings. The van der Waals surface area contributed by atoms with E-state index in [1.54, 1.807) is 38.5 Å². The first kappa shape index (κ1) is 22.1. The lowest BCUT2D eigenvalue weighted by molar-refractivity contribution is -0.124. The third-order valence-electron chi connectivity index (χ3n) is 4.80. The van der Waals surface area contributed by atoms with E-state index in [9.17, 15) is 9.59 Å². The summed E-state index contributed by atoms with van der Waals surface area (Å²) < 4.78 is 15.9. The van der Waals surface area contributed by atoms with Crippen molar-refractivity contribution in [2.75, 3.05) is 27.4 Å². The van der Waals surface area contributed by atoms with E-state index in [1.165, 1.54) is 0 Å². The number of aromatic nitrogens is 1. The number of carbonyl (C=O) groups is 2. The molecule has 1 N–H and O–H groups in total. The van der Waals surface area contributed by atoms with Crippen LogP contribution in [0.15, 0.2) is 48.5 Å². The van der Waals surface area contributed by atoms with E-state index in [2.05, 4.69) is 10.3 Å². The molecular weight excluding hydrogens is 396 g/mol. The van der Waals surface area contributed by atoms with Gasteiger partial charge in [0.1, 0.15) is 0 Å². The summed E-state index contributed by atoms with van der Waals surface area (Å²) >= 11 is 0. The predicted octanol–water partition coefficient (Wildman–Crippen LogP) is 3.99. The Kier molecular flexibility index (Phi) is 7.43. The van der Waals surface area contributed by atoms with E-state index in [1.807, 2.05) is 31.2 Å². The number of amides is 1. The van der Waals surface area contributed by atoms with Gasteiger partial charge in [-0.25, -0.2) is 9.78 Å². The molecule has 7 nitrogen and oxygen atoms in total. The van der Waals surface area contributed by atoms with Crippen LogP contribution in [-0.2, 0) is 9.53 Å². The smallest absolute Gasteiger partial charge is 0.339 e. The van der Waals surface area contributed by atoms with Crippen molar-refractivity contribution in [2.45, 2.75) is 19.8 Å². The van der Waals surface area contributed by atoms with Crippen molar-refractivity contribution in [2.24, 2.45) is 0 Å². The van der Waals surface area contributed by atoms with Crippen molar-refractivity contribution in [3.8, 4) is 22.8 Å². The number of nitrogens with one attached hydrogen (secondary N) is 1. The fourth-order valence-corrected chi connectivity index (χ4v) is 3.15. The number of fused-ring (bicyclic) bond motifs is 1. The summed E-state index contributed by atoms with van der Waals surface area (Å²) in [6.45, 7) is 2.27. The number of nitrogens with zero attached hydrogens (tertiary/aromatic N) is 1. The number of benzene rings is 2. The minimum Gasteiger partial charge on any atom is -0.493 e. The zero-order valence-corrected chi connectivity index (χ0v) is 17.9. The highest BCUT2D eigenvalue weighted by Gasteiger charge is 2.17. The molecule has 1 amide bonds. The third kappa shape index (κ3) is 5.31. The van der Waals surface area contributed by atoms with Crippen molar-refractivity contribution in [3.05, 3.63) is 54.1 Å². The molecule has 3 rings (SSSR count). The van der Waals surface area contributed by atoms with Crippen molar-refractivity contribution < 1.29 is 23.8 Å². The van der Waals surface area contributed by atoms with Crippen molar-refractivity contribution in [3.63, 3.8) is 0 Å². The molecule has 0 aliphatic heterocycles. The molecule has 0 saturated carbocycles. The Morgan fingerprint density at radius 2 is 1.77 bits per heavy atom. The molecule has 1 aromatic heterocycles. The Morgan fingerprint density at radius 1 is 1.00 bits per heavy atom. The van der Waals surface area contributed by atoms with Gasteiger partial charge in [0.15, 0.2) is 18.1 Å². The molecular formula is C24H26N2O5. The van der Waals surface area contributed by atoms with E-state index >= 15 is 0 Å². The Bertz CT molecular complexity index is 1080. The second-order valence-corrected chi connectivity index (χ2v) is 6.92. The zero-order chi connectivity index (χ0) is 22.2. The average molecular weight is 422 g/mol. The standard InChI is InChI=1S/C24H26N2O5/c1-4-5-12-25-23(27)15-31-24(28)18-14-20(26-19-9-7-6-8-17(18)19)16-10-11-21(29-2)22(13-16)30-3/h6-11,13-14H,4-5,12,15H2,1-3H3,(H,25,27). The van der Waals surface area contributed by atoms with E-state index in [0.29, 0.717) is 40.2 Å². The largest absolute Gasteiger partial charge is 0.493 e. The van der Waals surface area contributed by atoms with Gasteiger partial charge in [0.25, 0.3) is 5.91 Å². The Morgan fingerprint density at radius 3 is 2.52 bits per heavy atom. The Hall–Kier alpha value is -3.61. The normalized spacial score (nSPS) is 10.5. The lowest BCUT2D eigenvalue weighted by Gasteiger charge is -2.12. The quantitative estimate of drug-likeness (QED) is 0.414. The second kappa shape index (κ2) is 10.4. The molecule has 7 heteroatoms. The van der Waals surface area contributed by atoms with Crippen LogP contribution in [-0.4, -0.2) is 44.2 Å². The third-order valence-corrected chi connectivity index (χ3v) is 4.80. The topological polar surface area (TPSA) is 86.8 Å². The summed E-state index contributed by atoms with van der Waals surface area (Å²) in [4.78, 5) is 29.4. The molecule has 1 heterocycles. The number of hydrogen-bond acceptors (Lipinski definition) is 6. The van der Waals surface area contributed by atoms with Crippen LogP contribution in [0.5, 0.6) is 11.5 Å². The van der Waals surface area contributed by atoms with Crippen LogP contribution in [0.4, 0.5) is 0 Å². The summed E-state index contributed by atoms with van der Waals surface area (Å²) in [5.74, 6) is 0.259. The maximum Gasteiger partial charge on any atom is 0.339 e. The molecule has 3 aromatic rings. The van der Waals surface area contributed by atoms with E-state index in [-0.39, 0.29) is 12.5 Å². The molecule has 0 atom stereocenters. The molecule has 31 heavy (non-hydrogen) atoms. The second-order valence-electron chi connectivity index (χ2n) is 6.92. The van der Waals surface area contributed by atoms with Gasteiger partial charge in [-0.15, -0.1) is 0 Å². The molecule has 162 valence electrons. The summed E-state index contributed by atoms with van der Waals surface area (Å²) in [7, 11) is 3.13. The summed E-state index contributed by atoms with van der Waals surface area (Å²) in [6.07, 6.45) is 1.85. The maximum absolute atomic E-state index is 12.8. The van der Waals surface area contributed by atoms with Gasteiger partial charge in [-0.3, -0.25) is 4.79 Å². The molecule has 0 radical (unpaired) electrons. The van der Waals surface area contributed by atoms with Gasteiger partial charge in [0, 0.05) is 17.5 Å². The summed E-state index contributed by atoms with van der Waals surface area (Å²) in [5, 5.41) is 3.39. The number of pyridine rings is 1. The van der Waals surface area contributed by atoms with Crippen molar-refractivity contribution in [1.29, 1.82) is 0 Å². The predicted molar refractivity (Wildman–Crippen MR) is 118 cm³/mol. The first-order valence-corrected chi connectivity index (χ1v) is 10.1. The average Bonchev–Trinajstić information content (AvgIpc) is 2.81. The Labute approximate surface area is 181 Å². The van der Waals surface area contributed by atoms with Gasteiger partial charge in [0.05, 0.1) is 31.0 Å². The van der Waals surface area contributed by atoms with Gasteiger partial charge in [-0.1, -0.05) is 31.5 Å². The van der Waals surface area contributed by atoms with Gasteiger partial charge in [-0.2, -0.15) is 0 Å². The minimum absolute atomic E-state index is 0.319. The van der Waals surface area contributed by atoms with Crippen LogP contribution >= 0.6 is 0 Å². The van der Waals surface area contributed by atoms with Gasteiger partial charge in [-0.05, 0) is 36.8 Å². The van der Waals surface area contributed by atoms with Crippen molar-refractivity contribution in [1.82, 2.24) is 10.3 Å². The molecule has 0 aliphatic carbocycles. The highest BCUT2D eigenvalue weighted by molar-refractivity contribution is 6.05. The number of unbranched alkanes of at least 4 members (excludes halogenated alkanes) is 1. The fraction of sp³-hybridized carbons (Fsp3) is 0.292. The molecule has 0 spiro atoms. The maximum atomic E-state index is 12.8. The fourth-order valence-electron chi connectivity index (χ4n) is 3.15. The van der Waals surface area contributed by atoms with Gasteiger partial charge in [0.2, 0.25) is 0 Å². The van der Waals surface area contributed by atoms with E-state index < -0.39 is 5.97 Å². The van der Waals surface area contributed by atoms with E-state index in [4.69, 9.17) is 14.2 Å². The first-order valence-electron chi connectivity index (χ1n) is 10.1. The highest BCUT2D eigenvalue weighted by atomic mass is 16.5. The first-order chi connectivity index (χ1) is 15.1. The lowest BCUT2D eigenvalue weighted by atomic mass is 10.0. The monoisotopic (exact) mass is 422 g/mol. The minimum atomic E-state index is -0.578. The summed E-state index contributed by atoms with van der Waals surface area (Å²) in [6, 6.07) is 14.4. The highest BCUT2D eigenvalue weighted by Crippen LogP contribution is 2.33. The van der Waals surface area contributed by atoms with Crippen LogP contribution in [0.1, 0.15) is 30.1 Å². The van der Waals surface area contributed by atoms with E-state index in [0.717, 1.165) is 18.4 Å². The lowest BCUT2D eigenvalue weighted by Crippen LogP contribution is -2.29. The number of para-hydroxylation sites is 1. The molecule has 0 unspecified atom stereocenters. The Balaban J connectivity index is 1.91. The molecule has 0 bridgehead atoms. The summed E-state index contributed by atoms with van der Waals surface area (Å²) in [5.41, 5.74) is 2.33. The van der Waals surface area contributed by atoms with Crippen LogP contribution in [0.3, 0.4) is 0 Å². The van der Waals surface area contributed by atoms with Gasteiger partial charge >= 0.3 is 5.97 Å². The number of carbonyl (C=O) groups excluding carboxylic acids is 2.